The van der Waals surface area contributed by atoms with E-state index in [1.807, 2.05) is 0 Å². The van der Waals surface area contributed by atoms with Crippen LogP contribution in [0.4, 0.5) is 4.79 Å². The lowest BCUT2D eigenvalue weighted by molar-refractivity contribution is -0.119. The van der Waals surface area contributed by atoms with Crippen LogP contribution in [0.2, 0.25) is 5.02 Å². The monoisotopic (exact) mass is 370 g/mol. The number of amides is 3. The summed E-state index contributed by atoms with van der Waals surface area (Å²) in [7, 11) is 1.42. The maximum absolute atomic E-state index is 11.7. The number of hydrogen-bond donors (Lipinski definition) is 2. The zero-order chi connectivity index (χ0) is 17.5. The van der Waals surface area contributed by atoms with Crippen LogP contribution in [0.15, 0.2) is 33.9 Å². The minimum Gasteiger partial charge on any atom is -0.482 e. The fourth-order valence-corrected chi connectivity index (χ4v) is 2.42. The van der Waals surface area contributed by atoms with Gasteiger partial charge < -0.3 is 14.5 Å². The quantitative estimate of drug-likeness (QED) is 0.751. The zero-order valence-corrected chi connectivity index (χ0v) is 14.5. The van der Waals surface area contributed by atoms with Gasteiger partial charge in [0.1, 0.15) is 5.75 Å². The highest BCUT2D eigenvalue weighted by atomic mass is 35.5. The molecule has 2 N–H and O–H groups in total. The van der Waals surface area contributed by atoms with Gasteiger partial charge in [0.05, 0.1) is 10.3 Å². The molecule has 0 saturated carbocycles. The van der Waals surface area contributed by atoms with Gasteiger partial charge in [-0.2, -0.15) is 0 Å². The van der Waals surface area contributed by atoms with E-state index in [2.05, 4.69) is 20.8 Å². The average molecular weight is 371 g/mol. The van der Waals surface area contributed by atoms with Crippen molar-refractivity contribution in [2.75, 3.05) is 7.05 Å². The van der Waals surface area contributed by atoms with Gasteiger partial charge in [-0.1, -0.05) is 35.5 Å². The summed E-state index contributed by atoms with van der Waals surface area (Å²) in [5.41, 5.74) is 0. The predicted octanol–water partition coefficient (Wildman–Crippen LogP) is 2.24. The van der Waals surface area contributed by atoms with E-state index in [9.17, 15) is 9.59 Å². The molecule has 0 fully saturated rings. The number of aromatic nitrogens is 2. The molecule has 0 bridgehead atoms. The van der Waals surface area contributed by atoms with E-state index >= 15 is 0 Å². The second kappa shape index (κ2) is 8.55. The zero-order valence-electron chi connectivity index (χ0n) is 12.9. The molecule has 1 unspecified atom stereocenters. The molecular formula is C14H15ClN4O4S. The Morgan fingerprint density at radius 2 is 2.12 bits per heavy atom. The number of hydrogen-bond acceptors (Lipinski definition) is 7. The molecule has 0 aliphatic heterocycles. The minimum absolute atomic E-state index is 0.0517. The first-order chi connectivity index (χ1) is 11.5. The van der Waals surface area contributed by atoms with Crippen LogP contribution in [0, 0.1) is 0 Å². The second-order valence-corrected chi connectivity index (χ2v) is 6.21. The standard InChI is InChI=1S/C14H15ClN4O4S/c1-8(12(20)17-13(21)16-2)24-14-19-18-11(23-14)7-22-10-6-4-3-5-9(10)15/h3-6,8H,7H2,1-2H3,(H2,16,17,20,21). The van der Waals surface area contributed by atoms with Gasteiger partial charge in [0.15, 0.2) is 6.61 Å². The average Bonchev–Trinajstić information content (AvgIpc) is 3.01. The first kappa shape index (κ1) is 18.1. The summed E-state index contributed by atoms with van der Waals surface area (Å²) in [6.45, 7) is 1.67. The number of ether oxygens (including phenoxy) is 1. The highest BCUT2D eigenvalue weighted by Crippen LogP contribution is 2.25. The number of carbonyl (C=O) groups excluding carboxylic acids is 2. The van der Waals surface area contributed by atoms with Crippen molar-refractivity contribution >= 4 is 35.3 Å². The molecule has 24 heavy (non-hydrogen) atoms. The topological polar surface area (TPSA) is 106 Å². The van der Waals surface area contributed by atoms with Crippen LogP contribution >= 0.6 is 23.4 Å². The van der Waals surface area contributed by atoms with Gasteiger partial charge in [-0.15, -0.1) is 10.2 Å². The third kappa shape index (κ3) is 5.14. The highest BCUT2D eigenvalue weighted by Gasteiger charge is 2.20. The van der Waals surface area contributed by atoms with Gasteiger partial charge in [0.25, 0.3) is 11.1 Å². The van der Waals surface area contributed by atoms with E-state index in [-0.39, 0.29) is 17.7 Å². The van der Waals surface area contributed by atoms with E-state index in [0.29, 0.717) is 10.8 Å². The van der Waals surface area contributed by atoms with Gasteiger partial charge >= 0.3 is 6.03 Å². The maximum Gasteiger partial charge on any atom is 0.321 e. The summed E-state index contributed by atoms with van der Waals surface area (Å²) in [5.74, 6) is 0.285. The Kier molecular flexibility index (Phi) is 6.44. The summed E-state index contributed by atoms with van der Waals surface area (Å²) >= 11 is 7.02. The number of benzene rings is 1. The largest absolute Gasteiger partial charge is 0.482 e. The Hall–Kier alpha value is -2.26. The molecule has 2 rings (SSSR count). The molecule has 3 amide bonds. The third-order valence-corrected chi connectivity index (χ3v) is 3.99. The lowest BCUT2D eigenvalue weighted by Crippen LogP contribution is -2.41. The molecular weight excluding hydrogens is 356 g/mol. The van der Waals surface area contributed by atoms with E-state index in [1.165, 1.54) is 7.05 Å². The number of para-hydroxylation sites is 1. The van der Waals surface area contributed by atoms with Crippen molar-refractivity contribution < 1.29 is 18.7 Å². The Balaban J connectivity index is 1.87. The smallest absolute Gasteiger partial charge is 0.321 e. The Morgan fingerprint density at radius 3 is 2.83 bits per heavy atom. The Bertz CT molecular complexity index is 724. The van der Waals surface area contributed by atoms with Crippen molar-refractivity contribution in [3.8, 4) is 5.75 Å². The van der Waals surface area contributed by atoms with Crippen LogP contribution in [0.5, 0.6) is 5.75 Å². The predicted molar refractivity (Wildman–Crippen MR) is 88.0 cm³/mol. The summed E-state index contributed by atoms with van der Waals surface area (Å²) in [5, 5.41) is 12.2. The summed E-state index contributed by atoms with van der Waals surface area (Å²) in [6, 6.07) is 6.44. The third-order valence-electron chi connectivity index (χ3n) is 2.75. The van der Waals surface area contributed by atoms with Crippen molar-refractivity contribution in [3.63, 3.8) is 0 Å². The molecule has 1 aromatic carbocycles. The molecule has 10 heteroatoms. The highest BCUT2D eigenvalue weighted by molar-refractivity contribution is 8.00. The summed E-state index contributed by atoms with van der Waals surface area (Å²) in [4.78, 5) is 22.8. The van der Waals surface area contributed by atoms with Crippen LogP contribution in [0.1, 0.15) is 12.8 Å². The van der Waals surface area contributed by atoms with E-state index in [4.69, 9.17) is 20.8 Å². The number of halogens is 1. The maximum atomic E-state index is 11.7. The fraction of sp³-hybridized carbons (Fsp3) is 0.286. The molecule has 0 spiro atoms. The molecule has 0 aliphatic rings. The lowest BCUT2D eigenvalue weighted by Gasteiger charge is -2.08. The number of thioether (sulfide) groups is 1. The number of urea groups is 1. The number of rotatable bonds is 6. The number of nitrogens with zero attached hydrogens (tertiary/aromatic N) is 2. The van der Waals surface area contributed by atoms with Gasteiger partial charge in [-0.05, 0) is 19.1 Å². The van der Waals surface area contributed by atoms with E-state index in [0.717, 1.165) is 11.8 Å². The number of imide groups is 1. The van der Waals surface area contributed by atoms with Crippen molar-refractivity contribution in [2.45, 2.75) is 24.0 Å². The molecule has 1 aromatic heterocycles. The second-order valence-electron chi connectivity index (χ2n) is 4.51. The van der Waals surface area contributed by atoms with Gasteiger partial charge in [0.2, 0.25) is 5.91 Å². The first-order valence-corrected chi connectivity index (χ1v) is 8.14. The molecule has 0 saturated heterocycles. The van der Waals surface area contributed by atoms with Gasteiger partial charge in [-0.3, -0.25) is 10.1 Å². The Labute approximate surface area is 147 Å². The van der Waals surface area contributed by atoms with E-state index in [1.54, 1.807) is 31.2 Å². The normalized spacial score (nSPS) is 11.6. The Morgan fingerprint density at radius 1 is 1.38 bits per heavy atom. The van der Waals surface area contributed by atoms with Crippen LogP contribution in [-0.2, 0) is 11.4 Å². The van der Waals surface area contributed by atoms with Crippen LogP contribution in [0.3, 0.4) is 0 Å². The first-order valence-electron chi connectivity index (χ1n) is 6.88. The van der Waals surface area contributed by atoms with Crippen molar-refractivity contribution in [2.24, 2.45) is 0 Å². The van der Waals surface area contributed by atoms with Gasteiger partial charge in [0, 0.05) is 7.05 Å². The number of carbonyl (C=O) groups is 2. The van der Waals surface area contributed by atoms with Crippen molar-refractivity contribution in [1.82, 2.24) is 20.8 Å². The van der Waals surface area contributed by atoms with E-state index < -0.39 is 17.2 Å². The lowest BCUT2D eigenvalue weighted by atomic mass is 10.3. The molecule has 0 aliphatic carbocycles. The SMILES string of the molecule is CNC(=O)NC(=O)C(C)Sc1nnc(COc2ccccc2Cl)o1. The van der Waals surface area contributed by atoms with Crippen LogP contribution < -0.4 is 15.4 Å². The van der Waals surface area contributed by atoms with Gasteiger partial charge in [-0.25, -0.2) is 4.79 Å². The molecule has 2 aromatic rings. The minimum atomic E-state index is -0.583. The fourth-order valence-electron chi connectivity index (χ4n) is 1.53. The molecule has 0 radical (unpaired) electrons. The number of nitrogens with one attached hydrogen (secondary N) is 2. The molecule has 128 valence electrons. The van der Waals surface area contributed by atoms with Crippen LogP contribution in [0.25, 0.3) is 0 Å². The van der Waals surface area contributed by atoms with Crippen molar-refractivity contribution in [3.05, 3.63) is 35.2 Å². The molecule has 1 heterocycles. The molecule has 1 atom stereocenters. The van der Waals surface area contributed by atoms with Crippen molar-refractivity contribution in [1.29, 1.82) is 0 Å². The van der Waals surface area contributed by atoms with Crippen LogP contribution in [-0.4, -0.2) is 34.4 Å². The summed E-state index contributed by atoms with van der Waals surface area (Å²) in [6.07, 6.45) is 0. The summed E-state index contributed by atoms with van der Waals surface area (Å²) < 4.78 is 10.9. The molecule has 8 nitrogen and oxygen atoms in total.